The number of hydrogen-bond acceptors (Lipinski definition) is 7. The van der Waals surface area contributed by atoms with Crippen LogP contribution < -0.4 is 11.0 Å². The van der Waals surface area contributed by atoms with Crippen molar-refractivity contribution in [2.75, 3.05) is 19.6 Å². The van der Waals surface area contributed by atoms with Gasteiger partial charge in [0.25, 0.3) is 0 Å². The summed E-state index contributed by atoms with van der Waals surface area (Å²) in [4.78, 5) is 41.1. The molecule has 0 unspecified atom stereocenters. The molecule has 48 heavy (non-hydrogen) atoms. The summed E-state index contributed by atoms with van der Waals surface area (Å²) in [6, 6.07) is 23.7. The highest BCUT2D eigenvalue weighted by Crippen LogP contribution is 2.38. The Morgan fingerprint density at radius 3 is 2.29 bits per heavy atom. The van der Waals surface area contributed by atoms with Gasteiger partial charge in [0.1, 0.15) is 0 Å². The van der Waals surface area contributed by atoms with Crippen molar-refractivity contribution < 1.29 is 29.3 Å². The molecule has 3 aromatic carbocycles. The van der Waals surface area contributed by atoms with E-state index in [-0.39, 0.29) is 42.9 Å². The number of aliphatic carboxylic acids is 1. The van der Waals surface area contributed by atoms with Crippen molar-refractivity contribution in [3.8, 4) is 0 Å². The second-order valence-corrected chi connectivity index (χ2v) is 12.8. The smallest absolute Gasteiger partial charge is 0.326 e. The van der Waals surface area contributed by atoms with Crippen LogP contribution in [0.25, 0.3) is 11.0 Å². The number of piperidine rings is 1. The number of aliphatic hydroxyl groups is 1. The van der Waals surface area contributed by atoms with Gasteiger partial charge in [-0.15, -0.1) is 0 Å². The first-order valence-electron chi connectivity index (χ1n) is 16.9. The summed E-state index contributed by atoms with van der Waals surface area (Å²) in [5.41, 5.74) is 5.47. The highest BCUT2D eigenvalue weighted by atomic mass is 16.7. The van der Waals surface area contributed by atoms with E-state index in [1.807, 2.05) is 77.4 Å². The van der Waals surface area contributed by atoms with Crippen LogP contribution in [0.1, 0.15) is 85.6 Å². The van der Waals surface area contributed by atoms with E-state index in [4.69, 9.17) is 14.6 Å². The number of aromatic nitrogens is 2. The summed E-state index contributed by atoms with van der Waals surface area (Å²) in [6.07, 6.45) is 2.99. The Hall–Kier alpha value is -4.29. The van der Waals surface area contributed by atoms with E-state index in [1.165, 1.54) is 0 Å². The van der Waals surface area contributed by atoms with Gasteiger partial charge in [-0.25, -0.2) is 4.79 Å². The van der Waals surface area contributed by atoms with E-state index in [0.29, 0.717) is 32.2 Å². The molecule has 1 amide bonds. The molecule has 11 heteroatoms. The number of para-hydroxylation sites is 2. The number of ether oxygens (including phenoxy) is 2. The second kappa shape index (κ2) is 15.7. The Morgan fingerprint density at radius 2 is 1.56 bits per heavy atom. The number of aromatic amines is 1. The fourth-order valence-electron chi connectivity index (χ4n) is 6.76. The Bertz CT molecular complexity index is 1730. The number of H-pyrrole nitrogens is 1. The van der Waals surface area contributed by atoms with Crippen molar-refractivity contribution in [3.63, 3.8) is 0 Å². The molecule has 3 heterocycles. The highest BCUT2D eigenvalue weighted by Gasteiger charge is 2.34. The lowest BCUT2D eigenvalue weighted by atomic mass is 9.98. The molecular weight excluding hydrogens is 612 g/mol. The van der Waals surface area contributed by atoms with Crippen molar-refractivity contribution in [3.05, 3.63) is 106 Å². The topological polar surface area (TPSA) is 146 Å². The SMILES string of the molecule is O=C(O)CCCCC(=O)NCc1ccc([C@@H]2O[C@H](CN3CCC(n4c(=O)[nH]c5ccccc54)CC3)C[C@H](c3ccc(CO)cc3)O2)cc1. The van der Waals surface area contributed by atoms with Crippen LogP contribution in [0, 0.1) is 0 Å². The standard InChI is InChI=1S/C37H44N4O7/c42-24-26-11-13-27(14-12-26)33-21-30(23-40-19-17-29(18-20-40)41-32-6-2-1-5-31(32)39-37(41)46)47-36(48-33)28-15-9-25(10-16-28)22-38-34(43)7-3-4-8-35(44)45/h1-2,5-6,9-16,29-30,33,36,42H,3-4,7-8,17-24H2,(H,38,43)(H,39,46)(H,44,45)/t30-,33+,36+/m0/s1. The Kier molecular flexibility index (Phi) is 11.0. The fraction of sp³-hybridized carbons (Fsp3) is 0.432. The van der Waals surface area contributed by atoms with Crippen molar-refractivity contribution in [1.82, 2.24) is 19.8 Å². The van der Waals surface area contributed by atoms with E-state index in [2.05, 4.69) is 15.2 Å². The molecular formula is C37H44N4O7. The number of hydrogen-bond donors (Lipinski definition) is 4. The maximum atomic E-state index is 12.8. The lowest BCUT2D eigenvalue weighted by Gasteiger charge is -2.40. The quantitative estimate of drug-likeness (QED) is 0.148. The molecule has 0 spiro atoms. The van der Waals surface area contributed by atoms with Crippen molar-refractivity contribution in [1.29, 1.82) is 0 Å². The number of aliphatic hydroxyl groups excluding tert-OH is 1. The van der Waals surface area contributed by atoms with E-state index in [9.17, 15) is 19.5 Å². The summed E-state index contributed by atoms with van der Waals surface area (Å²) in [6.45, 7) is 2.83. The number of nitrogens with one attached hydrogen (secondary N) is 2. The van der Waals surface area contributed by atoms with Gasteiger partial charge in [0.15, 0.2) is 6.29 Å². The molecule has 2 saturated heterocycles. The summed E-state index contributed by atoms with van der Waals surface area (Å²) in [5.74, 6) is -0.946. The molecule has 0 aliphatic carbocycles. The monoisotopic (exact) mass is 656 g/mol. The van der Waals surface area contributed by atoms with Crippen molar-refractivity contribution in [2.24, 2.45) is 0 Å². The number of rotatable bonds is 13. The number of unbranched alkanes of at least 4 members (excludes halogenated alkanes) is 1. The summed E-state index contributed by atoms with van der Waals surface area (Å²) in [7, 11) is 0. The zero-order chi connectivity index (χ0) is 33.5. The second-order valence-electron chi connectivity index (χ2n) is 12.8. The van der Waals surface area contributed by atoms with Crippen LogP contribution in [0.5, 0.6) is 0 Å². The maximum absolute atomic E-state index is 12.8. The summed E-state index contributed by atoms with van der Waals surface area (Å²) < 4.78 is 15.0. The largest absolute Gasteiger partial charge is 0.481 e. The van der Waals surface area contributed by atoms with Gasteiger partial charge in [0.05, 0.1) is 29.8 Å². The number of carbonyl (C=O) groups is 2. The average Bonchev–Trinajstić information content (AvgIpc) is 3.45. The summed E-state index contributed by atoms with van der Waals surface area (Å²) >= 11 is 0. The van der Waals surface area contributed by atoms with Crippen LogP contribution in [-0.4, -0.2) is 62.3 Å². The number of benzene rings is 3. The molecule has 1 aromatic heterocycles. The van der Waals surface area contributed by atoms with Gasteiger partial charge in [-0.3, -0.25) is 14.2 Å². The van der Waals surface area contributed by atoms with Gasteiger partial charge in [-0.05, 0) is 54.5 Å². The molecule has 4 N–H and O–H groups in total. The van der Waals surface area contributed by atoms with Crippen LogP contribution in [0.4, 0.5) is 0 Å². The van der Waals surface area contributed by atoms with Crippen LogP contribution in [0.2, 0.25) is 0 Å². The first-order valence-corrected chi connectivity index (χ1v) is 16.9. The number of carboxylic acids is 1. The van der Waals surface area contributed by atoms with E-state index in [1.54, 1.807) is 0 Å². The molecule has 0 bridgehead atoms. The zero-order valence-corrected chi connectivity index (χ0v) is 27.1. The van der Waals surface area contributed by atoms with Gasteiger partial charge in [-0.1, -0.05) is 60.7 Å². The molecule has 6 rings (SSSR count). The maximum Gasteiger partial charge on any atom is 0.326 e. The molecule has 0 saturated carbocycles. The van der Waals surface area contributed by atoms with Gasteiger partial charge in [0.2, 0.25) is 5.91 Å². The zero-order valence-electron chi connectivity index (χ0n) is 27.1. The first-order chi connectivity index (χ1) is 23.4. The van der Waals surface area contributed by atoms with Crippen molar-refractivity contribution >= 4 is 22.9 Å². The van der Waals surface area contributed by atoms with Gasteiger partial charge in [0, 0.05) is 57.0 Å². The lowest BCUT2D eigenvalue weighted by Crippen LogP contribution is -2.43. The molecule has 3 atom stereocenters. The number of carboxylic acid groups (broad SMARTS) is 1. The minimum Gasteiger partial charge on any atom is -0.481 e. The third-order valence-corrected chi connectivity index (χ3v) is 9.41. The molecule has 2 aliphatic heterocycles. The normalized spacial score (nSPS) is 20.6. The lowest BCUT2D eigenvalue weighted by molar-refractivity contribution is -0.253. The third kappa shape index (κ3) is 8.40. The van der Waals surface area contributed by atoms with E-state index in [0.717, 1.165) is 65.8 Å². The fourth-order valence-corrected chi connectivity index (χ4v) is 6.76. The number of amides is 1. The highest BCUT2D eigenvalue weighted by molar-refractivity contribution is 5.76. The minimum absolute atomic E-state index is 0.0156. The van der Waals surface area contributed by atoms with Crippen molar-refractivity contribution in [2.45, 2.75) is 82.6 Å². The Balaban J connectivity index is 1.08. The number of imidazole rings is 1. The third-order valence-electron chi connectivity index (χ3n) is 9.41. The minimum atomic E-state index is -0.847. The number of nitrogens with zero attached hydrogens (tertiary/aromatic N) is 2. The molecule has 0 radical (unpaired) electrons. The van der Waals surface area contributed by atoms with Gasteiger partial charge < -0.3 is 34.9 Å². The predicted molar refractivity (Wildman–Crippen MR) is 180 cm³/mol. The average molecular weight is 657 g/mol. The molecule has 4 aromatic rings. The number of carbonyl (C=O) groups excluding carboxylic acids is 1. The molecule has 2 aliphatic rings. The molecule has 11 nitrogen and oxygen atoms in total. The Labute approximate surface area is 279 Å². The van der Waals surface area contributed by atoms with Crippen LogP contribution in [0.15, 0.2) is 77.6 Å². The van der Waals surface area contributed by atoms with E-state index < -0.39 is 12.3 Å². The Morgan fingerprint density at radius 1 is 0.875 bits per heavy atom. The number of likely N-dealkylation sites (tertiary alicyclic amines) is 1. The van der Waals surface area contributed by atoms with Crippen LogP contribution >= 0.6 is 0 Å². The van der Waals surface area contributed by atoms with Crippen LogP contribution in [-0.2, 0) is 32.2 Å². The molecule has 2 fully saturated rings. The summed E-state index contributed by atoms with van der Waals surface area (Å²) in [5, 5.41) is 21.2. The molecule has 254 valence electrons. The van der Waals surface area contributed by atoms with Gasteiger partial charge >= 0.3 is 11.7 Å². The predicted octanol–water partition coefficient (Wildman–Crippen LogP) is 4.97. The van der Waals surface area contributed by atoms with Crippen LogP contribution in [0.3, 0.4) is 0 Å². The van der Waals surface area contributed by atoms with Gasteiger partial charge in [-0.2, -0.15) is 0 Å². The number of fused-ring (bicyclic) bond motifs is 1. The first kappa shape index (κ1) is 33.6. The van der Waals surface area contributed by atoms with E-state index >= 15 is 0 Å².